The molecule has 104 valence electrons. The van der Waals surface area contributed by atoms with Gasteiger partial charge >= 0.3 is 0 Å². The maximum absolute atomic E-state index is 4.33. The van der Waals surface area contributed by atoms with Crippen molar-refractivity contribution < 1.29 is 0 Å². The van der Waals surface area contributed by atoms with Gasteiger partial charge in [0, 0.05) is 16.1 Å². The third-order valence-corrected chi connectivity index (χ3v) is 5.27. The molecule has 0 aliphatic heterocycles. The fourth-order valence-corrected chi connectivity index (χ4v) is 3.99. The summed E-state index contributed by atoms with van der Waals surface area (Å²) in [5.41, 5.74) is 3.93. The number of benzene rings is 2. The van der Waals surface area contributed by atoms with Gasteiger partial charge in [-0.05, 0) is 46.1 Å². The van der Waals surface area contributed by atoms with E-state index in [0.29, 0.717) is 0 Å². The molecule has 0 aliphatic rings. The number of halogens is 1. The topological polar surface area (TPSA) is 53.6 Å². The van der Waals surface area contributed by atoms with E-state index in [0.717, 1.165) is 31.6 Å². The van der Waals surface area contributed by atoms with Crippen LogP contribution in [0.3, 0.4) is 0 Å². The molecule has 0 radical (unpaired) electrons. The number of H-pyrrole nitrogens is 1. The zero-order valence-corrected chi connectivity index (χ0v) is 13.8. The second-order valence-electron chi connectivity index (χ2n) is 4.46. The standard InChI is InChI=1S/C14H9BrN4S2/c15-9-4-1-3-8-12(7-16-13(8)9)20-17-10-5-2-6-11-14(10)19-21-18-11/h1-7,16-17H. The molecule has 0 spiro atoms. The second kappa shape index (κ2) is 5.32. The van der Waals surface area contributed by atoms with Gasteiger partial charge in [0.15, 0.2) is 0 Å². The lowest BCUT2D eigenvalue weighted by Gasteiger charge is -2.04. The second-order valence-corrected chi connectivity index (χ2v) is 6.69. The molecule has 4 aromatic rings. The molecular weight excluding hydrogens is 368 g/mol. The molecular formula is C14H9BrN4S2. The highest BCUT2D eigenvalue weighted by Gasteiger charge is 2.09. The Morgan fingerprint density at radius 2 is 2.05 bits per heavy atom. The Morgan fingerprint density at radius 3 is 3.00 bits per heavy atom. The molecule has 21 heavy (non-hydrogen) atoms. The molecule has 4 nitrogen and oxygen atoms in total. The molecule has 0 atom stereocenters. The number of aromatic amines is 1. The molecule has 0 saturated carbocycles. The Bertz CT molecular complexity index is 931. The van der Waals surface area contributed by atoms with Crippen molar-refractivity contribution in [3.05, 3.63) is 47.1 Å². The van der Waals surface area contributed by atoms with E-state index in [4.69, 9.17) is 0 Å². The van der Waals surface area contributed by atoms with Gasteiger partial charge < -0.3 is 9.71 Å². The minimum absolute atomic E-state index is 0.913. The predicted octanol–water partition coefficient (Wildman–Crippen LogP) is 5.05. The van der Waals surface area contributed by atoms with Crippen LogP contribution in [0.4, 0.5) is 5.69 Å². The Morgan fingerprint density at radius 1 is 1.14 bits per heavy atom. The monoisotopic (exact) mass is 376 g/mol. The van der Waals surface area contributed by atoms with Crippen molar-refractivity contribution in [2.75, 3.05) is 4.72 Å². The van der Waals surface area contributed by atoms with Crippen LogP contribution in [0.2, 0.25) is 0 Å². The van der Waals surface area contributed by atoms with Crippen molar-refractivity contribution in [1.29, 1.82) is 0 Å². The van der Waals surface area contributed by atoms with E-state index in [1.807, 2.05) is 36.5 Å². The van der Waals surface area contributed by atoms with Gasteiger partial charge in [-0.15, -0.1) is 0 Å². The number of aromatic nitrogens is 3. The van der Waals surface area contributed by atoms with Gasteiger partial charge in [0.05, 0.1) is 27.8 Å². The number of hydrogen-bond acceptors (Lipinski definition) is 5. The van der Waals surface area contributed by atoms with E-state index in [1.165, 1.54) is 17.1 Å². The Kier molecular flexibility index (Phi) is 3.33. The molecule has 2 heterocycles. The minimum atomic E-state index is 0.913. The van der Waals surface area contributed by atoms with Gasteiger partial charge in [-0.25, -0.2) is 0 Å². The van der Waals surface area contributed by atoms with Crippen molar-refractivity contribution in [1.82, 2.24) is 13.7 Å². The molecule has 4 rings (SSSR count). The van der Waals surface area contributed by atoms with E-state index in [9.17, 15) is 0 Å². The van der Waals surface area contributed by atoms with E-state index in [1.54, 1.807) is 11.9 Å². The minimum Gasteiger partial charge on any atom is -0.359 e. The molecule has 7 heteroatoms. The number of rotatable bonds is 3. The van der Waals surface area contributed by atoms with Gasteiger partial charge in [0.25, 0.3) is 0 Å². The van der Waals surface area contributed by atoms with Crippen LogP contribution in [0.25, 0.3) is 21.9 Å². The number of nitrogens with zero attached hydrogens (tertiary/aromatic N) is 2. The van der Waals surface area contributed by atoms with Crippen molar-refractivity contribution >= 4 is 67.2 Å². The van der Waals surface area contributed by atoms with Crippen LogP contribution < -0.4 is 4.72 Å². The summed E-state index contributed by atoms with van der Waals surface area (Å²) in [5.74, 6) is 0. The summed E-state index contributed by atoms with van der Waals surface area (Å²) >= 11 is 6.36. The molecule has 0 amide bonds. The quantitative estimate of drug-likeness (QED) is 0.491. The molecule has 0 unspecified atom stereocenters. The summed E-state index contributed by atoms with van der Waals surface area (Å²) in [7, 11) is 0. The van der Waals surface area contributed by atoms with Gasteiger partial charge in [-0.2, -0.15) is 8.75 Å². The fraction of sp³-hybridized carbons (Fsp3) is 0. The predicted molar refractivity (Wildman–Crippen MR) is 92.9 cm³/mol. The molecule has 2 aromatic heterocycles. The Balaban J connectivity index is 1.67. The maximum Gasteiger partial charge on any atom is 0.128 e. The third kappa shape index (κ3) is 2.31. The molecule has 2 aromatic carbocycles. The Labute approximate surface area is 137 Å². The van der Waals surface area contributed by atoms with Crippen LogP contribution in [0, 0.1) is 0 Å². The zero-order chi connectivity index (χ0) is 14.2. The first-order valence-corrected chi connectivity index (χ1v) is 8.56. The third-order valence-electron chi connectivity index (χ3n) is 3.18. The number of fused-ring (bicyclic) bond motifs is 2. The normalized spacial score (nSPS) is 11.3. The van der Waals surface area contributed by atoms with Crippen LogP contribution in [-0.2, 0) is 0 Å². The highest BCUT2D eigenvalue weighted by Crippen LogP contribution is 2.33. The van der Waals surface area contributed by atoms with E-state index >= 15 is 0 Å². The summed E-state index contributed by atoms with van der Waals surface area (Å²) in [6, 6.07) is 12.1. The summed E-state index contributed by atoms with van der Waals surface area (Å²) < 4.78 is 13.0. The van der Waals surface area contributed by atoms with Crippen LogP contribution in [0.15, 0.2) is 52.0 Å². The summed E-state index contributed by atoms with van der Waals surface area (Å²) in [4.78, 5) is 4.44. The molecule has 0 fully saturated rings. The van der Waals surface area contributed by atoms with Crippen LogP contribution in [0.5, 0.6) is 0 Å². The molecule has 0 bridgehead atoms. The summed E-state index contributed by atoms with van der Waals surface area (Å²) in [5, 5.41) is 1.19. The average Bonchev–Trinajstić information content (AvgIpc) is 3.12. The number of nitrogens with one attached hydrogen (secondary N) is 2. The zero-order valence-electron chi connectivity index (χ0n) is 10.6. The van der Waals surface area contributed by atoms with Crippen LogP contribution in [0.1, 0.15) is 0 Å². The molecule has 0 aliphatic carbocycles. The number of hydrogen-bond donors (Lipinski definition) is 2. The van der Waals surface area contributed by atoms with E-state index in [2.05, 4.69) is 40.4 Å². The van der Waals surface area contributed by atoms with Crippen LogP contribution in [-0.4, -0.2) is 13.7 Å². The van der Waals surface area contributed by atoms with Gasteiger partial charge in [-0.3, -0.25) is 0 Å². The SMILES string of the molecule is Brc1cccc2c(SNc3cccc4nsnc34)c[nH]c12. The van der Waals surface area contributed by atoms with Crippen molar-refractivity contribution in [2.45, 2.75) is 4.90 Å². The summed E-state index contributed by atoms with van der Waals surface area (Å²) in [6.45, 7) is 0. The lowest BCUT2D eigenvalue weighted by atomic mass is 10.2. The first-order chi connectivity index (χ1) is 10.3. The molecule has 2 N–H and O–H groups in total. The number of para-hydroxylation sites is 1. The molecule has 0 saturated heterocycles. The van der Waals surface area contributed by atoms with Crippen molar-refractivity contribution in [3.8, 4) is 0 Å². The van der Waals surface area contributed by atoms with Crippen LogP contribution >= 0.6 is 39.6 Å². The Hall–Kier alpha value is -1.57. The first kappa shape index (κ1) is 13.1. The van der Waals surface area contributed by atoms with E-state index in [-0.39, 0.29) is 0 Å². The average molecular weight is 377 g/mol. The maximum atomic E-state index is 4.33. The largest absolute Gasteiger partial charge is 0.359 e. The lowest BCUT2D eigenvalue weighted by Crippen LogP contribution is -1.87. The van der Waals surface area contributed by atoms with Gasteiger partial charge in [-0.1, -0.05) is 18.2 Å². The van der Waals surface area contributed by atoms with Gasteiger partial charge in [0.1, 0.15) is 11.0 Å². The first-order valence-electron chi connectivity index (χ1n) is 6.22. The highest BCUT2D eigenvalue weighted by molar-refractivity contribution is 9.10. The highest BCUT2D eigenvalue weighted by atomic mass is 79.9. The fourth-order valence-electron chi connectivity index (χ4n) is 2.17. The smallest absolute Gasteiger partial charge is 0.128 e. The van der Waals surface area contributed by atoms with Crippen molar-refractivity contribution in [3.63, 3.8) is 0 Å². The van der Waals surface area contributed by atoms with E-state index < -0.39 is 0 Å². The van der Waals surface area contributed by atoms with Crippen molar-refractivity contribution in [2.24, 2.45) is 0 Å². The van der Waals surface area contributed by atoms with Gasteiger partial charge in [0.2, 0.25) is 0 Å². The number of anilines is 1. The summed E-state index contributed by atoms with van der Waals surface area (Å²) in [6.07, 6.45) is 2.01. The lowest BCUT2D eigenvalue weighted by molar-refractivity contribution is 1.41.